The molecular formula is C43H42ClN2O5P. The number of carbonyl (C=O) groups is 1. The smallest absolute Gasteiger partial charge is 0.361 e. The normalized spacial score (nSPS) is 14.3. The maximum Gasteiger partial charge on any atom is 0.475 e. The molecule has 266 valence electrons. The molecule has 2 N–H and O–H groups in total. The Hall–Kier alpha value is -4.49. The van der Waals surface area contributed by atoms with Crippen LogP contribution in [0.5, 0.6) is 0 Å². The van der Waals surface area contributed by atoms with Gasteiger partial charge in [0.2, 0.25) is 5.91 Å². The first-order valence-corrected chi connectivity index (χ1v) is 19.4. The molecule has 1 aliphatic carbocycles. The number of phosphoric acid groups is 1. The Morgan fingerprint density at radius 2 is 1.52 bits per heavy atom. The monoisotopic (exact) mass is 732 g/mol. The summed E-state index contributed by atoms with van der Waals surface area (Å²) in [6.07, 6.45) is 3.90. The Morgan fingerprint density at radius 1 is 0.827 bits per heavy atom. The summed E-state index contributed by atoms with van der Waals surface area (Å²) in [7, 11) is -3.91. The van der Waals surface area contributed by atoms with E-state index in [1.807, 2.05) is 103 Å². The lowest BCUT2D eigenvalue weighted by Gasteiger charge is -2.25. The van der Waals surface area contributed by atoms with E-state index in [9.17, 15) is 9.36 Å². The Labute approximate surface area is 309 Å². The number of fused-ring (bicyclic) bond motifs is 1. The van der Waals surface area contributed by atoms with Crippen LogP contribution in [0.3, 0.4) is 0 Å². The number of H-pyrrole nitrogens is 1. The first kappa shape index (κ1) is 35.9. The van der Waals surface area contributed by atoms with Gasteiger partial charge in [-0.15, -0.1) is 0 Å². The second-order valence-electron chi connectivity index (χ2n) is 13.5. The van der Waals surface area contributed by atoms with Crippen LogP contribution in [0, 0.1) is 13.8 Å². The first-order valence-electron chi connectivity index (χ1n) is 17.6. The highest BCUT2D eigenvalue weighted by atomic mass is 35.5. The number of aromatic amines is 1. The topological polar surface area (TPSA) is 89.7 Å². The second-order valence-corrected chi connectivity index (χ2v) is 15.6. The van der Waals surface area contributed by atoms with Crippen LogP contribution >= 0.6 is 19.4 Å². The molecule has 0 aliphatic heterocycles. The van der Waals surface area contributed by atoms with E-state index < -0.39 is 13.2 Å². The Morgan fingerprint density at radius 3 is 2.15 bits per heavy atom. The van der Waals surface area contributed by atoms with E-state index in [2.05, 4.69) is 48.4 Å². The zero-order valence-corrected chi connectivity index (χ0v) is 31.0. The maximum atomic E-state index is 14.3. The molecule has 7 nitrogen and oxygen atoms in total. The van der Waals surface area contributed by atoms with Crippen molar-refractivity contribution in [2.75, 3.05) is 6.61 Å². The summed E-state index contributed by atoms with van der Waals surface area (Å²) in [5.41, 5.74) is 8.24. The van der Waals surface area contributed by atoms with Crippen LogP contribution in [0.15, 0.2) is 128 Å². The molecule has 1 aromatic heterocycles. The largest absolute Gasteiger partial charge is 0.475 e. The zero-order valence-electron chi connectivity index (χ0n) is 29.3. The number of benzene rings is 5. The van der Waals surface area contributed by atoms with Gasteiger partial charge in [-0.05, 0) is 96.3 Å². The molecule has 1 saturated carbocycles. The van der Waals surface area contributed by atoms with E-state index in [4.69, 9.17) is 25.2 Å². The fourth-order valence-corrected chi connectivity index (χ4v) is 8.09. The molecule has 1 heterocycles. The molecule has 0 radical (unpaired) electrons. The number of hydrogen-bond acceptors (Lipinski definition) is 5. The van der Waals surface area contributed by atoms with Crippen LogP contribution < -0.4 is 5.32 Å². The van der Waals surface area contributed by atoms with Gasteiger partial charge in [-0.3, -0.25) is 18.4 Å². The number of hydrogen-bond donors (Lipinski definition) is 2. The number of halogens is 1. The minimum atomic E-state index is -3.91. The van der Waals surface area contributed by atoms with Gasteiger partial charge in [-0.2, -0.15) is 0 Å². The number of amides is 1. The fourth-order valence-electron chi connectivity index (χ4n) is 6.74. The van der Waals surface area contributed by atoms with Gasteiger partial charge < -0.3 is 10.3 Å². The van der Waals surface area contributed by atoms with Gasteiger partial charge in [0.25, 0.3) is 0 Å². The van der Waals surface area contributed by atoms with Crippen molar-refractivity contribution in [2.45, 2.75) is 57.8 Å². The fraction of sp³-hybridized carbons (Fsp3) is 0.233. The van der Waals surface area contributed by atoms with Crippen LogP contribution in [0.4, 0.5) is 0 Å². The van der Waals surface area contributed by atoms with Crippen molar-refractivity contribution in [1.82, 2.24) is 10.3 Å². The maximum absolute atomic E-state index is 14.3. The van der Waals surface area contributed by atoms with Crippen molar-refractivity contribution in [2.24, 2.45) is 0 Å². The highest BCUT2D eigenvalue weighted by Gasteiger charge is 2.52. The van der Waals surface area contributed by atoms with Gasteiger partial charge in [-0.1, -0.05) is 114 Å². The third-order valence-corrected chi connectivity index (χ3v) is 11.4. The van der Waals surface area contributed by atoms with Gasteiger partial charge in [0.15, 0.2) is 0 Å². The van der Waals surface area contributed by atoms with E-state index in [1.54, 1.807) is 0 Å². The van der Waals surface area contributed by atoms with E-state index in [0.29, 0.717) is 11.4 Å². The van der Waals surface area contributed by atoms with Crippen LogP contribution in [0.2, 0.25) is 5.02 Å². The average Bonchev–Trinajstić information content (AvgIpc) is 3.88. The van der Waals surface area contributed by atoms with Gasteiger partial charge in [0.05, 0.1) is 31.3 Å². The van der Waals surface area contributed by atoms with Crippen molar-refractivity contribution in [3.05, 3.63) is 177 Å². The van der Waals surface area contributed by atoms with E-state index in [1.165, 1.54) is 5.56 Å². The van der Waals surface area contributed by atoms with Crippen LogP contribution in [-0.2, 0) is 48.0 Å². The first-order chi connectivity index (χ1) is 25.2. The van der Waals surface area contributed by atoms with Crippen LogP contribution in [0.25, 0.3) is 10.9 Å². The van der Waals surface area contributed by atoms with Crippen molar-refractivity contribution in [3.8, 4) is 0 Å². The molecule has 0 spiro atoms. The summed E-state index contributed by atoms with van der Waals surface area (Å²) in [6, 6.07) is 38.9. The van der Waals surface area contributed by atoms with Crippen molar-refractivity contribution < 1.29 is 22.9 Å². The summed E-state index contributed by atoms with van der Waals surface area (Å²) in [4.78, 5) is 17.6. The van der Waals surface area contributed by atoms with Crippen LogP contribution in [0.1, 0.15) is 63.4 Å². The molecule has 6 aromatic rings. The summed E-state index contributed by atoms with van der Waals surface area (Å²) in [5.74, 6) is -0.00992. The molecule has 52 heavy (non-hydrogen) atoms. The Kier molecular flexibility index (Phi) is 10.8. The predicted octanol–water partition coefficient (Wildman–Crippen LogP) is 10.5. The molecule has 0 saturated heterocycles. The third kappa shape index (κ3) is 8.25. The van der Waals surface area contributed by atoms with E-state index in [0.717, 1.165) is 62.7 Å². The second kappa shape index (κ2) is 15.6. The number of aryl methyl sites for hydroxylation is 2. The number of rotatable bonds is 15. The summed E-state index contributed by atoms with van der Waals surface area (Å²) in [5, 5.41) is 5.02. The molecule has 1 unspecified atom stereocenters. The van der Waals surface area contributed by atoms with Gasteiger partial charge >= 0.3 is 7.82 Å². The van der Waals surface area contributed by atoms with Crippen molar-refractivity contribution >= 4 is 36.2 Å². The van der Waals surface area contributed by atoms with Crippen molar-refractivity contribution in [3.63, 3.8) is 0 Å². The van der Waals surface area contributed by atoms with Gasteiger partial charge in [0.1, 0.15) is 0 Å². The molecule has 0 bridgehead atoms. The Bertz CT molecular complexity index is 2170. The quantitative estimate of drug-likeness (QED) is 0.103. The number of carbonyl (C=O) groups excluding carboxylic acids is 1. The molecule has 5 aromatic carbocycles. The predicted molar refractivity (Wildman–Crippen MR) is 206 cm³/mol. The highest BCUT2D eigenvalue weighted by molar-refractivity contribution is 7.48. The third-order valence-electron chi connectivity index (χ3n) is 9.78. The van der Waals surface area contributed by atoms with E-state index >= 15 is 0 Å². The summed E-state index contributed by atoms with van der Waals surface area (Å²) >= 11 is 6.42. The lowest BCUT2D eigenvalue weighted by Crippen LogP contribution is -2.38. The summed E-state index contributed by atoms with van der Waals surface area (Å²) < 4.78 is 31.4. The summed E-state index contributed by atoms with van der Waals surface area (Å²) in [6.45, 7) is 4.44. The molecule has 1 fully saturated rings. The minimum absolute atomic E-state index is 0.00992. The van der Waals surface area contributed by atoms with Gasteiger partial charge in [-0.25, -0.2) is 4.57 Å². The standard InChI is InChI=1S/C43H42ClN2O5P/c1-30-16-18-38(31(2)24-30)41(34-14-9-15-37(44)25-34)46-42(47)43(21-22-43)36-17-19-40-39(26-36)35(27-45-40)20-23-49-52(48,50-28-32-10-5-3-6-11-32)51-29-33-12-7-4-8-13-33/h3-19,24-27,41,45H,20-23,28-29H2,1-2H3,(H,46,47). The molecule has 1 amide bonds. The molecular weight excluding hydrogens is 691 g/mol. The lowest BCUT2D eigenvalue weighted by atomic mass is 9.90. The van der Waals surface area contributed by atoms with Crippen molar-refractivity contribution in [1.29, 1.82) is 0 Å². The molecule has 7 rings (SSSR count). The SMILES string of the molecule is Cc1ccc(C(NC(=O)C2(c3ccc4[nH]cc(CCOP(=O)(OCc5ccccc5)OCc5ccccc5)c4c3)CC2)c2cccc(Cl)c2)c(C)c1. The van der Waals surface area contributed by atoms with Crippen LogP contribution in [-0.4, -0.2) is 17.5 Å². The Balaban J connectivity index is 1.08. The highest BCUT2D eigenvalue weighted by Crippen LogP contribution is 2.52. The molecule has 1 aliphatic rings. The zero-order chi connectivity index (χ0) is 36.1. The average molecular weight is 733 g/mol. The lowest BCUT2D eigenvalue weighted by molar-refractivity contribution is -0.124. The van der Waals surface area contributed by atoms with E-state index in [-0.39, 0.29) is 31.8 Å². The molecule has 1 atom stereocenters. The minimum Gasteiger partial charge on any atom is -0.361 e. The number of nitrogens with one attached hydrogen (secondary N) is 2. The number of aromatic nitrogens is 1. The number of phosphoric ester groups is 1. The molecule has 9 heteroatoms. The van der Waals surface area contributed by atoms with Gasteiger partial charge in [0, 0.05) is 22.1 Å².